The second-order valence-corrected chi connectivity index (χ2v) is 14.5. The summed E-state index contributed by atoms with van der Waals surface area (Å²) in [4.78, 5) is 21.6. The van der Waals surface area contributed by atoms with E-state index in [0.29, 0.717) is 29.3 Å². The SMILES string of the molecule is CCCCc1nc(C)c(CC(=S)N(C)C)c(=O)n1Cc1ccc(-c2ccccc2-c2nnnn2C(c2ccccc2)(c2ccccc2)c2ccccc2)cc1. The summed E-state index contributed by atoms with van der Waals surface area (Å²) in [5, 5.41) is 13.8. The van der Waals surface area contributed by atoms with E-state index >= 15 is 0 Å². The Hall–Kier alpha value is -6.06. The minimum Gasteiger partial charge on any atom is -0.372 e. The standard InChI is InChI=1S/C46H45N7OS/c1-5-6-26-42-47-33(2)41(31-43(55)51(3)4)45(54)52(42)32-34-27-29-35(30-28-34)39-24-16-17-25-40(39)44-48-49-50-53(44)46(36-18-10-7-11-19-36,37-20-12-8-13-21-37)38-22-14-9-15-23-38/h7-25,27-30H,5-6,26,31-32H2,1-4H3. The van der Waals surface area contributed by atoms with Crippen molar-refractivity contribution in [3.05, 3.63) is 189 Å². The molecule has 2 aromatic heterocycles. The van der Waals surface area contributed by atoms with Crippen molar-refractivity contribution in [2.45, 2.75) is 51.6 Å². The van der Waals surface area contributed by atoms with Crippen molar-refractivity contribution in [3.63, 3.8) is 0 Å². The van der Waals surface area contributed by atoms with Crippen LogP contribution in [0.25, 0.3) is 22.5 Å². The summed E-state index contributed by atoms with van der Waals surface area (Å²) in [5.74, 6) is 1.45. The third-order valence-corrected chi connectivity index (χ3v) is 10.8. The Bertz CT molecular complexity index is 2340. The van der Waals surface area contributed by atoms with E-state index in [9.17, 15) is 4.79 Å². The molecule has 9 heteroatoms. The Labute approximate surface area is 328 Å². The van der Waals surface area contributed by atoms with Crippen LogP contribution in [-0.2, 0) is 24.9 Å². The molecule has 0 bridgehead atoms. The Kier molecular flexibility index (Phi) is 11.2. The molecule has 0 amide bonds. The second-order valence-electron chi connectivity index (χ2n) is 14.0. The topological polar surface area (TPSA) is 81.7 Å². The molecular weight excluding hydrogens is 699 g/mol. The first-order valence-corrected chi connectivity index (χ1v) is 19.2. The number of aromatic nitrogens is 6. The molecule has 0 atom stereocenters. The van der Waals surface area contributed by atoms with E-state index < -0.39 is 5.54 Å². The fraction of sp³-hybridized carbons (Fsp3) is 0.217. The van der Waals surface area contributed by atoms with E-state index in [1.165, 1.54) is 0 Å². The quantitative estimate of drug-likeness (QED) is 0.0866. The molecule has 0 saturated heterocycles. The van der Waals surface area contributed by atoms with Gasteiger partial charge in [-0.25, -0.2) is 9.67 Å². The number of likely N-dealkylation sites (N-methyl/N-ethyl adjacent to an activating group) is 1. The van der Waals surface area contributed by atoms with Gasteiger partial charge < -0.3 is 4.90 Å². The van der Waals surface area contributed by atoms with Crippen molar-refractivity contribution < 1.29 is 0 Å². The first-order valence-electron chi connectivity index (χ1n) is 18.8. The number of benzene rings is 5. The van der Waals surface area contributed by atoms with Gasteiger partial charge in [0.05, 0.1) is 11.5 Å². The Morgan fingerprint density at radius 1 is 0.745 bits per heavy atom. The lowest BCUT2D eigenvalue weighted by atomic mass is 9.77. The summed E-state index contributed by atoms with van der Waals surface area (Å²) in [6.07, 6.45) is 3.10. The molecule has 0 aliphatic heterocycles. The van der Waals surface area contributed by atoms with Crippen LogP contribution in [-0.4, -0.2) is 53.7 Å². The zero-order chi connectivity index (χ0) is 38.4. The molecule has 5 aromatic carbocycles. The van der Waals surface area contributed by atoms with E-state index in [4.69, 9.17) is 27.5 Å². The summed E-state index contributed by atoms with van der Waals surface area (Å²) in [7, 11) is 3.82. The molecule has 2 heterocycles. The average Bonchev–Trinajstić information content (AvgIpc) is 3.71. The molecular formula is C46H45N7OS. The zero-order valence-corrected chi connectivity index (χ0v) is 32.6. The number of hydrogen-bond donors (Lipinski definition) is 0. The van der Waals surface area contributed by atoms with Crippen molar-refractivity contribution in [1.82, 2.24) is 34.7 Å². The van der Waals surface area contributed by atoms with Crippen LogP contribution in [0.5, 0.6) is 0 Å². The molecule has 0 fully saturated rings. The second kappa shape index (κ2) is 16.5. The maximum Gasteiger partial charge on any atom is 0.257 e. The van der Waals surface area contributed by atoms with Gasteiger partial charge in [-0.2, -0.15) is 0 Å². The minimum absolute atomic E-state index is 0.0252. The van der Waals surface area contributed by atoms with E-state index in [2.05, 4.69) is 121 Å². The highest BCUT2D eigenvalue weighted by atomic mass is 32.1. The molecule has 0 saturated carbocycles. The lowest BCUT2D eigenvalue weighted by Gasteiger charge is -2.36. The molecule has 276 valence electrons. The number of unbranched alkanes of at least 4 members (excludes halogenated alkanes) is 1. The van der Waals surface area contributed by atoms with Gasteiger partial charge in [0, 0.05) is 43.8 Å². The molecule has 0 radical (unpaired) electrons. The first-order chi connectivity index (χ1) is 26.8. The summed E-state index contributed by atoms with van der Waals surface area (Å²) in [5.41, 5.74) is 7.52. The molecule has 0 spiro atoms. The van der Waals surface area contributed by atoms with E-state index in [1.807, 2.05) is 65.5 Å². The lowest BCUT2D eigenvalue weighted by Crippen LogP contribution is -2.39. The van der Waals surface area contributed by atoms with Gasteiger partial charge in [0.25, 0.3) is 5.56 Å². The van der Waals surface area contributed by atoms with Crippen molar-refractivity contribution >= 4 is 17.2 Å². The molecule has 7 aromatic rings. The number of rotatable bonds is 13. The van der Waals surface area contributed by atoms with E-state index in [-0.39, 0.29) is 5.56 Å². The van der Waals surface area contributed by atoms with E-state index in [1.54, 1.807) is 0 Å². The molecule has 7 rings (SSSR count). The van der Waals surface area contributed by atoms with Gasteiger partial charge in [0.1, 0.15) is 11.4 Å². The van der Waals surface area contributed by atoms with Crippen LogP contribution in [0.3, 0.4) is 0 Å². The number of hydrogen-bond acceptors (Lipinski definition) is 6. The van der Waals surface area contributed by atoms with E-state index in [0.717, 1.165) is 69.7 Å². The first kappa shape index (κ1) is 37.3. The number of thiocarbonyl (C=S) groups is 1. The van der Waals surface area contributed by atoms with Crippen LogP contribution >= 0.6 is 12.2 Å². The summed E-state index contributed by atoms with van der Waals surface area (Å²) >= 11 is 5.59. The summed E-state index contributed by atoms with van der Waals surface area (Å²) < 4.78 is 3.80. The van der Waals surface area contributed by atoms with Crippen LogP contribution in [0.1, 0.15) is 59.1 Å². The van der Waals surface area contributed by atoms with Crippen molar-refractivity contribution in [1.29, 1.82) is 0 Å². The van der Waals surface area contributed by atoms with Gasteiger partial charge in [0.15, 0.2) is 5.82 Å². The van der Waals surface area contributed by atoms with Gasteiger partial charge in [0.2, 0.25) is 0 Å². The fourth-order valence-corrected chi connectivity index (χ4v) is 7.49. The Morgan fingerprint density at radius 3 is 1.84 bits per heavy atom. The smallest absolute Gasteiger partial charge is 0.257 e. The van der Waals surface area contributed by atoms with Gasteiger partial charge in [-0.3, -0.25) is 9.36 Å². The van der Waals surface area contributed by atoms with Gasteiger partial charge >= 0.3 is 0 Å². The van der Waals surface area contributed by atoms with Gasteiger partial charge in [-0.1, -0.05) is 165 Å². The minimum atomic E-state index is -0.875. The predicted molar refractivity (Wildman–Crippen MR) is 224 cm³/mol. The lowest BCUT2D eigenvalue weighted by molar-refractivity contribution is 0.451. The maximum atomic E-state index is 14.0. The summed E-state index contributed by atoms with van der Waals surface area (Å²) in [6.45, 7) is 4.49. The Balaban J connectivity index is 1.31. The van der Waals surface area contributed by atoms with Crippen LogP contribution in [0, 0.1) is 6.92 Å². The van der Waals surface area contributed by atoms with Crippen LogP contribution in [0.4, 0.5) is 0 Å². The average molecular weight is 744 g/mol. The van der Waals surface area contributed by atoms with Crippen LogP contribution in [0.15, 0.2) is 144 Å². The third kappa shape index (κ3) is 7.40. The molecule has 55 heavy (non-hydrogen) atoms. The molecule has 0 aliphatic carbocycles. The van der Waals surface area contributed by atoms with Gasteiger partial charge in [-0.15, -0.1) is 5.10 Å². The van der Waals surface area contributed by atoms with Gasteiger partial charge in [-0.05, 0) is 57.2 Å². The van der Waals surface area contributed by atoms with Crippen molar-refractivity contribution in [3.8, 4) is 22.5 Å². The van der Waals surface area contributed by atoms with Crippen molar-refractivity contribution in [2.24, 2.45) is 0 Å². The number of tetrazole rings is 1. The fourth-order valence-electron chi connectivity index (χ4n) is 7.35. The summed E-state index contributed by atoms with van der Waals surface area (Å²) in [6, 6.07) is 47.9. The third-order valence-electron chi connectivity index (χ3n) is 10.3. The predicted octanol–water partition coefficient (Wildman–Crippen LogP) is 8.53. The normalized spacial score (nSPS) is 11.4. The molecule has 8 nitrogen and oxygen atoms in total. The highest BCUT2D eigenvalue weighted by Crippen LogP contribution is 2.43. The zero-order valence-electron chi connectivity index (χ0n) is 31.8. The Morgan fingerprint density at radius 2 is 1.29 bits per heavy atom. The highest BCUT2D eigenvalue weighted by molar-refractivity contribution is 7.80. The van der Waals surface area contributed by atoms with Crippen LogP contribution < -0.4 is 5.56 Å². The molecule has 0 aliphatic rings. The molecule has 0 unspecified atom stereocenters. The monoisotopic (exact) mass is 743 g/mol. The number of aryl methyl sites for hydroxylation is 2. The highest BCUT2D eigenvalue weighted by Gasteiger charge is 2.42. The van der Waals surface area contributed by atoms with Crippen LogP contribution in [0.2, 0.25) is 0 Å². The van der Waals surface area contributed by atoms with Crippen molar-refractivity contribution in [2.75, 3.05) is 14.1 Å². The maximum absolute atomic E-state index is 14.0. The number of nitrogens with zero attached hydrogens (tertiary/aromatic N) is 7. The largest absolute Gasteiger partial charge is 0.372 e. The molecule has 0 N–H and O–H groups in total.